The molecule has 2 nitrogen and oxygen atoms in total. The molecule has 1 fully saturated rings. The second-order valence-electron chi connectivity index (χ2n) is 4.36. The molecule has 0 bridgehead atoms. The van der Waals surface area contributed by atoms with E-state index in [1.165, 1.54) is 19.5 Å². The predicted octanol–water partition coefficient (Wildman–Crippen LogP) is 1.66. The minimum absolute atomic E-state index is 0.151. The predicted molar refractivity (Wildman–Crippen MR) is 55.7 cm³/mol. The molecule has 13 heavy (non-hydrogen) atoms. The van der Waals surface area contributed by atoms with Crippen LogP contribution in [-0.4, -0.2) is 35.7 Å². The number of aliphatic hydroxyl groups excluding tert-OH is 1. The van der Waals surface area contributed by atoms with Gasteiger partial charge in [-0.25, -0.2) is 0 Å². The van der Waals surface area contributed by atoms with E-state index >= 15 is 0 Å². The molecule has 1 heterocycles. The third-order valence-corrected chi connectivity index (χ3v) is 2.85. The third kappa shape index (κ3) is 3.12. The standard InChI is InChI=1S/C11H21NO/c1-9(2)12-5-4-11(7-12)6-10(3)8-13/h9,11,13H,3-8H2,1-2H3. The number of nitrogens with zero attached hydrogens (tertiary/aromatic N) is 1. The highest BCUT2D eigenvalue weighted by molar-refractivity contribution is 4.97. The Hall–Kier alpha value is -0.340. The van der Waals surface area contributed by atoms with E-state index < -0.39 is 0 Å². The minimum atomic E-state index is 0.151. The summed E-state index contributed by atoms with van der Waals surface area (Å²) < 4.78 is 0. The molecule has 1 saturated heterocycles. The normalized spacial score (nSPS) is 24.2. The molecule has 0 amide bonds. The fourth-order valence-electron chi connectivity index (χ4n) is 1.97. The van der Waals surface area contributed by atoms with E-state index in [4.69, 9.17) is 5.11 Å². The van der Waals surface area contributed by atoms with Gasteiger partial charge in [0, 0.05) is 12.6 Å². The fourth-order valence-corrected chi connectivity index (χ4v) is 1.97. The van der Waals surface area contributed by atoms with Gasteiger partial charge >= 0.3 is 0 Å². The van der Waals surface area contributed by atoms with Gasteiger partial charge in [0.15, 0.2) is 0 Å². The molecule has 1 N–H and O–H groups in total. The molecule has 1 unspecified atom stereocenters. The second-order valence-corrected chi connectivity index (χ2v) is 4.36. The Bertz CT molecular complexity index is 177. The molecule has 1 atom stereocenters. The average Bonchev–Trinajstić information content (AvgIpc) is 2.52. The topological polar surface area (TPSA) is 23.5 Å². The van der Waals surface area contributed by atoms with Gasteiger partial charge in [0.05, 0.1) is 6.61 Å². The van der Waals surface area contributed by atoms with E-state index in [9.17, 15) is 0 Å². The second kappa shape index (κ2) is 4.77. The Morgan fingerprint density at radius 2 is 2.31 bits per heavy atom. The van der Waals surface area contributed by atoms with Crippen LogP contribution in [0.5, 0.6) is 0 Å². The van der Waals surface area contributed by atoms with E-state index in [-0.39, 0.29) is 6.61 Å². The molecule has 1 rings (SSSR count). The van der Waals surface area contributed by atoms with Gasteiger partial charge in [-0.2, -0.15) is 0 Å². The summed E-state index contributed by atoms with van der Waals surface area (Å²) in [4.78, 5) is 2.50. The molecule has 0 aromatic carbocycles. The molecule has 0 aromatic heterocycles. The highest BCUT2D eigenvalue weighted by Gasteiger charge is 2.23. The van der Waals surface area contributed by atoms with E-state index in [1.807, 2.05) is 0 Å². The first-order valence-corrected chi connectivity index (χ1v) is 5.15. The van der Waals surface area contributed by atoms with Crippen LogP contribution in [0.1, 0.15) is 26.7 Å². The maximum absolute atomic E-state index is 8.86. The van der Waals surface area contributed by atoms with Crippen molar-refractivity contribution in [2.75, 3.05) is 19.7 Å². The van der Waals surface area contributed by atoms with Gasteiger partial charge < -0.3 is 10.0 Å². The van der Waals surface area contributed by atoms with Gasteiger partial charge in [-0.15, -0.1) is 0 Å². The molecular formula is C11H21NO. The lowest BCUT2D eigenvalue weighted by Gasteiger charge is -2.20. The lowest BCUT2D eigenvalue weighted by molar-refractivity contribution is 0.262. The maximum Gasteiger partial charge on any atom is 0.0639 e. The van der Waals surface area contributed by atoms with Crippen molar-refractivity contribution in [3.05, 3.63) is 12.2 Å². The quantitative estimate of drug-likeness (QED) is 0.670. The third-order valence-electron chi connectivity index (χ3n) is 2.85. The van der Waals surface area contributed by atoms with Gasteiger partial charge in [0.25, 0.3) is 0 Å². The monoisotopic (exact) mass is 183 g/mol. The zero-order valence-corrected chi connectivity index (χ0v) is 8.79. The summed E-state index contributed by atoms with van der Waals surface area (Å²) in [5.74, 6) is 0.724. The molecule has 0 saturated carbocycles. The minimum Gasteiger partial charge on any atom is -0.392 e. The van der Waals surface area contributed by atoms with Crippen molar-refractivity contribution < 1.29 is 5.11 Å². The molecule has 0 spiro atoms. The highest BCUT2D eigenvalue weighted by Crippen LogP contribution is 2.23. The van der Waals surface area contributed by atoms with Gasteiger partial charge in [-0.05, 0) is 39.2 Å². The number of aliphatic hydroxyl groups is 1. The molecule has 1 aliphatic heterocycles. The summed E-state index contributed by atoms with van der Waals surface area (Å²) in [6.07, 6.45) is 2.26. The Kier molecular flexibility index (Phi) is 3.94. The van der Waals surface area contributed by atoms with Crippen molar-refractivity contribution >= 4 is 0 Å². The Balaban J connectivity index is 2.29. The lowest BCUT2D eigenvalue weighted by Crippen LogP contribution is -2.28. The van der Waals surface area contributed by atoms with Crippen LogP contribution in [0.25, 0.3) is 0 Å². The van der Waals surface area contributed by atoms with Crippen molar-refractivity contribution in [3.63, 3.8) is 0 Å². The van der Waals surface area contributed by atoms with Crippen LogP contribution in [0, 0.1) is 5.92 Å². The first-order valence-electron chi connectivity index (χ1n) is 5.15. The average molecular weight is 183 g/mol. The van der Waals surface area contributed by atoms with Crippen molar-refractivity contribution in [1.29, 1.82) is 0 Å². The number of hydrogen-bond donors (Lipinski definition) is 1. The van der Waals surface area contributed by atoms with Crippen molar-refractivity contribution in [2.45, 2.75) is 32.7 Å². The molecule has 0 aliphatic carbocycles. The van der Waals surface area contributed by atoms with E-state index in [0.717, 1.165) is 17.9 Å². The Morgan fingerprint density at radius 3 is 2.77 bits per heavy atom. The number of hydrogen-bond acceptors (Lipinski definition) is 2. The van der Waals surface area contributed by atoms with Crippen LogP contribution >= 0.6 is 0 Å². The number of likely N-dealkylation sites (tertiary alicyclic amines) is 1. The molecule has 76 valence electrons. The first-order chi connectivity index (χ1) is 6.13. The molecular weight excluding hydrogens is 162 g/mol. The fraction of sp³-hybridized carbons (Fsp3) is 0.818. The summed E-state index contributed by atoms with van der Waals surface area (Å²) in [5.41, 5.74) is 0.982. The Morgan fingerprint density at radius 1 is 1.62 bits per heavy atom. The van der Waals surface area contributed by atoms with Crippen LogP contribution in [0.3, 0.4) is 0 Å². The smallest absolute Gasteiger partial charge is 0.0639 e. The lowest BCUT2D eigenvalue weighted by atomic mass is 10.0. The van der Waals surface area contributed by atoms with Crippen LogP contribution < -0.4 is 0 Å². The zero-order chi connectivity index (χ0) is 9.84. The van der Waals surface area contributed by atoms with Crippen LogP contribution in [0.4, 0.5) is 0 Å². The molecule has 2 heteroatoms. The van der Waals surface area contributed by atoms with Crippen LogP contribution in [0.15, 0.2) is 12.2 Å². The maximum atomic E-state index is 8.86. The van der Waals surface area contributed by atoms with Crippen LogP contribution in [0.2, 0.25) is 0 Å². The summed E-state index contributed by atoms with van der Waals surface area (Å²) in [7, 11) is 0. The summed E-state index contributed by atoms with van der Waals surface area (Å²) in [6, 6.07) is 0.660. The molecule has 1 aliphatic rings. The molecule has 0 aromatic rings. The SMILES string of the molecule is C=C(CO)CC1CCN(C(C)C)C1. The Labute approximate surface area is 81.2 Å². The first kappa shape index (κ1) is 10.7. The van der Waals surface area contributed by atoms with E-state index in [2.05, 4.69) is 25.3 Å². The van der Waals surface area contributed by atoms with Gasteiger partial charge in [0.1, 0.15) is 0 Å². The number of rotatable bonds is 4. The van der Waals surface area contributed by atoms with Crippen LogP contribution in [-0.2, 0) is 0 Å². The van der Waals surface area contributed by atoms with E-state index in [1.54, 1.807) is 0 Å². The van der Waals surface area contributed by atoms with Crippen molar-refractivity contribution in [1.82, 2.24) is 4.90 Å². The van der Waals surface area contributed by atoms with Gasteiger partial charge in [0.2, 0.25) is 0 Å². The summed E-state index contributed by atoms with van der Waals surface area (Å²) in [5, 5.41) is 8.86. The zero-order valence-electron chi connectivity index (χ0n) is 8.79. The summed E-state index contributed by atoms with van der Waals surface area (Å²) >= 11 is 0. The highest BCUT2D eigenvalue weighted by atomic mass is 16.3. The molecule has 0 radical (unpaired) electrons. The van der Waals surface area contributed by atoms with Crippen molar-refractivity contribution in [2.24, 2.45) is 5.92 Å². The largest absolute Gasteiger partial charge is 0.392 e. The van der Waals surface area contributed by atoms with E-state index in [0.29, 0.717) is 6.04 Å². The van der Waals surface area contributed by atoms with Gasteiger partial charge in [-0.3, -0.25) is 0 Å². The van der Waals surface area contributed by atoms with Gasteiger partial charge in [-0.1, -0.05) is 12.2 Å². The summed E-state index contributed by atoms with van der Waals surface area (Å²) in [6.45, 7) is 10.9. The van der Waals surface area contributed by atoms with Crippen molar-refractivity contribution in [3.8, 4) is 0 Å².